The average Bonchev–Trinajstić information content (AvgIpc) is 3.32. The molecule has 4 rings (SSSR count). The molecule has 1 saturated heterocycles. The number of piperidine rings is 1. The van der Waals surface area contributed by atoms with Gasteiger partial charge in [0.2, 0.25) is 5.91 Å². The van der Waals surface area contributed by atoms with Crippen molar-refractivity contribution >= 4 is 34.4 Å². The van der Waals surface area contributed by atoms with E-state index in [-0.39, 0.29) is 29.7 Å². The molecule has 0 unspecified atom stereocenters. The van der Waals surface area contributed by atoms with Gasteiger partial charge in [0.1, 0.15) is 0 Å². The van der Waals surface area contributed by atoms with Crippen LogP contribution in [0.5, 0.6) is 0 Å². The van der Waals surface area contributed by atoms with Crippen LogP contribution in [0.1, 0.15) is 83.8 Å². The number of ketones is 1. The molecule has 1 fully saturated rings. The van der Waals surface area contributed by atoms with Crippen LogP contribution in [-0.4, -0.2) is 70.8 Å². The summed E-state index contributed by atoms with van der Waals surface area (Å²) >= 11 is 1.79. The lowest BCUT2D eigenvalue weighted by molar-refractivity contribution is -0.124. The first kappa shape index (κ1) is 30.1. The van der Waals surface area contributed by atoms with Gasteiger partial charge in [-0.15, -0.1) is 0 Å². The Labute approximate surface area is 239 Å². The lowest BCUT2D eigenvalue weighted by Gasteiger charge is -2.47. The largest absolute Gasteiger partial charge is 0.361 e. The highest BCUT2D eigenvalue weighted by Gasteiger charge is 2.40. The Hall–Kier alpha value is -1.83. The topological polar surface area (TPSA) is 77.2 Å². The molecule has 3 N–H and O–H groups in total. The summed E-state index contributed by atoms with van der Waals surface area (Å²) in [5.41, 5.74) is 4.27. The van der Waals surface area contributed by atoms with Crippen molar-refractivity contribution in [3.63, 3.8) is 0 Å². The second kappa shape index (κ2) is 14.2. The van der Waals surface area contributed by atoms with Gasteiger partial charge < -0.3 is 15.6 Å². The molecule has 1 aliphatic carbocycles. The highest BCUT2D eigenvalue weighted by molar-refractivity contribution is 7.99. The summed E-state index contributed by atoms with van der Waals surface area (Å²) in [4.78, 5) is 31.3. The number of likely N-dealkylation sites (tertiary alicyclic amines) is 1. The van der Waals surface area contributed by atoms with Crippen LogP contribution in [-0.2, 0) is 16.0 Å². The zero-order valence-corrected chi connectivity index (χ0v) is 25.5. The number of nitrogens with zero attached hydrogens (tertiary/aromatic N) is 1. The summed E-state index contributed by atoms with van der Waals surface area (Å²) in [6.07, 6.45) is 8.42. The second-order valence-electron chi connectivity index (χ2n) is 12.4. The van der Waals surface area contributed by atoms with Gasteiger partial charge >= 0.3 is 0 Å². The van der Waals surface area contributed by atoms with Gasteiger partial charge in [0.05, 0.1) is 11.8 Å². The number of aromatic nitrogens is 1. The number of carbonyl (C=O) groups excluding carboxylic acids is 2. The van der Waals surface area contributed by atoms with E-state index < -0.39 is 0 Å². The third-order valence-electron chi connectivity index (χ3n) is 8.45. The lowest BCUT2D eigenvalue weighted by Crippen LogP contribution is -2.50. The maximum atomic E-state index is 12.5. The molecule has 0 radical (unpaired) electrons. The summed E-state index contributed by atoms with van der Waals surface area (Å²) in [5, 5.41) is 7.98. The predicted molar refractivity (Wildman–Crippen MR) is 165 cm³/mol. The number of unbranched alkanes of at least 4 members (excludes halogenated alkanes) is 1. The molecule has 6 nitrogen and oxygen atoms in total. The predicted octanol–water partition coefficient (Wildman–Crippen LogP) is 5.52. The number of fused-ring (bicyclic) bond motifs is 2. The first-order chi connectivity index (χ1) is 18.8. The van der Waals surface area contributed by atoms with Crippen LogP contribution in [0.4, 0.5) is 0 Å². The van der Waals surface area contributed by atoms with Crippen molar-refractivity contribution in [3.05, 3.63) is 35.5 Å². The molecule has 2 aliphatic rings. The monoisotopic (exact) mass is 554 g/mol. The van der Waals surface area contributed by atoms with Gasteiger partial charge in [-0.2, -0.15) is 11.8 Å². The van der Waals surface area contributed by atoms with E-state index >= 15 is 0 Å². The normalized spacial score (nSPS) is 21.9. The van der Waals surface area contributed by atoms with Gasteiger partial charge in [-0.05, 0) is 73.9 Å². The molecule has 39 heavy (non-hydrogen) atoms. The van der Waals surface area contributed by atoms with Crippen molar-refractivity contribution in [1.29, 1.82) is 0 Å². The van der Waals surface area contributed by atoms with Gasteiger partial charge in [-0.1, -0.05) is 46.8 Å². The Bertz CT molecular complexity index is 1100. The van der Waals surface area contributed by atoms with Gasteiger partial charge in [-0.3, -0.25) is 14.5 Å². The molecular formula is C32H50N4O2S. The smallest absolute Gasteiger partial charge is 0.229 e. The Balaban J connectivity index is 1.21. The fourth-order valence-electron chi connectivity index (χ4n) is 6.75. The number of thioether (sulfide) groups is 1. The Morgan fingerprint density at radius 2 is 2.00 bits per heavy atom. The number of hydrogen-bond acceptors (Lipinski definition) is 5. The molecule has 2 heterocycles. The average molecular weight is 555 g/mol. The third kappa shape index (κ3) is 7.68. The van der Waals surface area contributed by atoms with E-state index in [1.54, 1.807) is 11.8 Å². The van der Waals surface area contributed by atoms with Crippen molar-refractivity contribution in [2.24, 2.45) is 11.8 Å². The summed E-state index contributed by atoms with van der Waals surface area (Å²) in [7, 11) is 0. The summed E-state index contributed by atoms with van der Waals surface area (Å²) in [6, 6.07) is 7.55. The minimum absolute atomic E-state index is 0.0417. The van der Waals surface area contributed by atoms with E-state index in [0.29, 0.717) is 30.2 Å². The van der Waals surface area contributed by atoms with Crippen LogP contribution in [0.25, 0.3) is 10.9 Å². The van der Waals surface area contributed by atoms with Crippen molar-refractivity contribution in [3.8, 4) is 0 Å². The van der Waals surface area contributed by atoms with Crippen molar-refractivity contribution in [2.45, 2.75) is 97.2 Å². The van der Waals surface area contributed by atoms with E-state index in [2.05, 4.69) is 65.7 Å². The number of hydrogen-bond donors (Lipinski definition) is 3. The molecule has 1 aromatic heterocycles. The van der Waals surface area contributed by atoms with Crippen LogP contribution < -0.4 is 10.6 Å². The molecule has 7 heteroatoms. The lowest BCUT2D eigenvalue weighted by atomic mass is 9.72. The fourth-order valence-corrected chi connectivity index (χ4v) is 7.73. The maximum Gasteiger partial charge on any atom is 0.229 e. The molecule has 0 spiro atoms. The van der Waals surface area contributed by atoms with Crippen molar-refractivity contribution in [2.75, 3.05) is 31.1 Å². The number of nitrogens with one attached hydrogen (secondary N) is 3. The molecule has 0 saturated carbocycles. The van der Waals surface area contributed by atoms with Crippen LogP contribution in [0, 0.1) is 11.8 Å². The Morgan fingerprint density at radius 1 is 1.18 bits per heavy atom. The molecule has 1 aliphatic heterocycles. The standard InChI is InChI=1S/C32H50N4O2S/c1-6-14-36-18-23(15-26-25-10-9-12-27-31(25)24(17-34-27)16-29(26)36)19-39-20-30(37)33-13-8-7-11-28(35-22(4)5)32(38)21(2)3/h9-10,12,17,21-23,26,28-29,34-35H,6-8,11,13-16,18-20H2,1-5H3,(H,33,37)/t23-,26-,28+,29-/m1/s1. The molecule has 216 valence electrons. The van der Waals surface area contributed by atoms with Crippen LogP contribution in [0.15, 0.2) is 24.4 Å². The Kier molecular flexibility index (Phi) is 11.0. The first-order valence-corrected chi connectivity index (χ1v) is 16.4. The number of Topliss-reactive ketones (excluding diaryl/α,β-unsaturated/α-hetero) is 1. The van der Waals surface area contributed by atoms with Crippen molar-refractivity contribution < 1.29 is 9.59 Å². The highest BCUT2D eigenvalue weighted by Crippen LogP contribution is 2.45. The molecule has 1 amide bonds. The van der Waals surface area contributed by atoms with Crippen LogP contribution in [0.3, 0.4) is 0 Å². The van der Waals surface area contributed by atoms with E-state index in [9.17, 15) is 9.59 Å². The number of amides is 1. The third-order valence-corrected chi connectivity index (χ3v) is 9.62. The molecular weight excluding hydrogens is 504 g/mol. The number of rotatable bonds is 15. The quantitative estimate of drug-likeness (QED) is 0.253. The molecule has 4 atom stereocenters. The van der Waals surface area contributed by atoms with Crippen LogP contribution in [0.2, 0.25) is 0 Å². The molecule has 1 aromatic carbocycles. The number of H-pyrrole nitrogens is 1. The molecule has 2 aromatic rings. The van der Waals surface area contributed by atoms with Gasteiger partial charge in [-0.25, -0.2) is 0 Å². The zero-order chi connectivity index (χ0) is 27.9. The molecule has 0 bridgehead atoms. The van der Waals surface area contributed by atoms with Crippen LogP contribution >= 0.6 is 11.8 Å². The number of benzene rings is 1. The van der Waals surface area contributed by atoms with Gasteiger partial charge in [0.15, 0.2) is 5.78 Å². The summed E-state index contributed by atoms with van der Waals surface area (Å²) in [6.45, 7) is 13.4. The minimum atomic E-state index is -0.0846. The number of carbonyl (C=O) groups is 2. The summed E-state index contributed by atoms with van der Waals surface area (Å²) < 4.78 is 0. The number of aromatic amines is 1. The van der Waals surface area contributed by atoms with E-state index in [0.717, 1.165) is 44.5 Å². The maximum absolute atomic E-state index is 12.5. The van der Waals surface area contributed by atoms with E-state index in [1.807, 2.05) is 13.8 Å². The first-order valence-electron chi connectivity index (χ1n) is 15.3. The van der Waals surface area contributed by atoms with Gasteiger partial charge in [0, 0.05) is 54.1 Å². The van der Waals surface area contributed by atoms with Crippen molar-refractivity contribution in [1.82, 2.24) is 20.5 Å². The van der Waals surface area contributed by atoms with E-state index in [4.69, 9.17) is 0 Å². The summed E-state index contributed by atoms with van der Waals surface area (Å²) in [5.74, 6) is 3.21. The van der Waals surface area contributed by atoms with Gasteiger partial charge in [0.25, 0.3) is 0 Å². The van der Waals surface area contributed by atoms with E-state index in [1.165, 1.54) is 34.9 Å². The fraction of sp³-hybridized carbons (Fsp3) is 0.688. The Morgan fingerprint density at radius 3 is 2.74 bits per heavy atom. The zero-order valence-electron chi connectivity index (χ0n) is 24.7. The highest BCUT2D eigenvalue weighted by atomic mass is 32.2. The second-order valence-corrected chi connectivity index (χ2v) is 13.4. The minimum Gasteiger partial charge on any atom is -0.361 e. The SMILES string of the molecule is CCCN1C[C@H](CSCC(=O)NCCCC[C@H](NC(C)C)C(=O)C(C)C)C[C@@H]2c3cccc4[nH]cc(c34)C[C@H]21.